The summed E-state index contributed by atoms with van der Waals surface area (Å²) in [5.41, 5.74) is 0.532. The molecule has 3 nitrogen and oxygen atoms in total. The molecule has 0 aliphatic carbocycles. The molecule has 1 N–H and O–H groups in total. The minimum absolute atomic E-state index is 0.0887. The largest absolute Gasteiger partial charge is 0.348 e. The summed E-state index contributed by atoms with van der Waals surface area (Å²) < 4.78 is 0.862. The first-order valence-corrected chi connectivity index (χ1v) is 7.75. The molecule has 1 fully saturated rings. The molecular weight excluding hydrogens is 328 g/mol. The number of benzene rings is 1. The molecule has 1 aromatic carbocycles. The van der Waals surface area contributed by atoms with E-state index in [9.17, 15) is 4.79 Å². The molecule has 0 radical (unpaired) electrons. The first-order valence-electron chi connectivity index (χ1n) is 6.58. The van der Waals surface area contributed by atoms with Gasteiger partial charge in [-0.2, -0.15) is 0 Å². The van der Waals surface area contributed by atoms with Crippen molar-refractivity contribution in [2.24, 2.45) is 0 Å². The molecule has 1 amide bonds. The summed E-state index contributed by atoms with van der Waals surface area (Å²) in [6, 6.07) is 5.55. The number of hydrogen-bond acceptors (Lipinski definition) is 2. The third-order valence-corrected chi connectivity index (χ3v) is 4.28. The predicted molar refractivity (Wildman–Crippen MR) is 81.8 cm³/mol. The molecule has 2 rings (SSSR count). The summed E-state index contributed by atoms with van der Waals surface area (Å²) in [6.07, 6.45) is 2.17. The zero-order valence-electron chi connectivity index (χ0n) is 11.0. The number of piperidine rings is 1. The Morgan fingerprint density at radius 1 is 1.58 bits per heavy atom. The van der Waals surface area contributed by atoms with Crippen LogP contribution < -0.4 is 5.32 Å². The van der Waals surface area contributed by atoms with Crippen molar-refractivity contribution in [3.63, 3.8) is 0 Å². The van der Waals surface area contributed by atoms with E-state index in [-0.39, 0.29) is 11.9 Å². The van der Waals surface area contributed by atoms with Crippen LogP contribution in [0.1, 0.15) is 30.1 Å². The Hall–Kier alpha value is -0.580. The van der Waals surface area contributed by atoms with Gasteiger partial charge in [0.25, 0.3) is 5.91 Å². The highest BCUT2D eigenvalue weighted by molar-refractivity contribution is 9.10. The van der Waals surface area contributed by atoms with Gasteiger partial charge in [0.05, 0.1) is 10.6 Å². The van der Waals surface area contributed by atoms with E-state index in [2.05, 4.69) is 33.1 Å². The van der Waals surface area contributed by atoms with E-state index in [4.69, 9.17) is 11.6 Å². The van der Waals surface area contributed by atoms with Crippen molar-refractivity contribution in [3.05, 3.63) is 33.3 Å². The molecule has 5 heteroatoms. The van der Waals surface area contributed by atoms with Gasteiger partial charge in [-0.15, -0.1) is 0 Å². The lowest BCUT2D eigenvalue weighted by Crippen LogP contribution is -2.47. The molecule has 1 heterocycles. The highest BCUT2D eigenvalue weighted by Gasteiger charge is 2.21. The van der Waals surface area contributed by atoms with Gasteiger partial charge in [0.15, 0.2) is 0 Å². The lowest BCUT2D eigenvalue weighted by atomic mass is 10.1. The van der Waals surface area contributed by atoms with Crippen LogP contribution in [0.25, 0.3) is 0 Å². The quantitative estimate of drug-likeness (QED) is 0.911. The van der Waals surface area contributed by atoms with E-state index in [0.717, 1.165) is 36.9 Å². The van der Waals surface area contributed by atoms with Crippen LogP contribution in [0.15, 0.2) is 22.7 Å². The Morgan fingerprint density at radius 2 is 2.37 bits per heavy atom. The van der Waals surface area contributed by atoms with Crippen molar-refractivity contribution in [1.29, 1.82) is 0 Å². The fourth-order valence-electron chi connectivity index (χ4n) is 2.40. The molecule has 19 heavy (non-hydrogen) atoms. The number of halogens is 2. The van der Waals surface area contributed by atoms with Gasteiger partial charge in [-0.1, -0.05) is 34.5 Å². The zero-order chi connectivity index (χ0) is 13.8. The first kappa shape index (κ1) is 14.8. The zero-order valence-corrected chi connectivity index (χ0v) is 13.3. The van der Waals surface area contributed by atoms with E-state index in [0.29, 0.717) is 10.6 Å². The predicted octanol–water partition coefficient (Wildman–Crippen LogP) is 3.32. The highest BCUT2D eigenvalue weighted by atomic mass is 79.9. The Kier molecular flexibility index (Phi) is 5.25. The molecule has 1 aliphatic heterocycles. The number of hydrogen-bond donors (Lipinski definition) is 1. The van der Waals surface area contributed by atoms with Gasteiger partial charge < -0.3 is 10.2 Å². The molecule has 1 aliphatic rings. The topological polar surface area (TPSA) is 32.3 Å². The molecule has 0 saturated carbocycles. The summed E-state index contributed by atoms with van der Waals surface area (Å²) in [5, 5.41) is 3.57. The second-order valence-corrected chi connectivity index (χ2v) is 6.15. The van der Waals surface area contributed by atoms with Crippen LogP contribution in [0.2, 0.25) is 5.02 Å². The Labute approximate surface area is 127 Å². The van der Waals surface area contributed by atoms with E-state index >= 15 is 0 Å². The van der Waals surface area contributed by atoms with Crippen LogP contribution in [-0.2, 0) is 0 Å². The standard InChI is InChI=1S/C14H18BrClN2O/c1-2-18-7-3-4-11(9-18)17-14(19)12-8-10(15)5-6-13(12)16/h5-6,8,11H,2-4,7,9H2,1H3,(H,17,19). The minimum Gasteiger partial charge on any atom is -0.348 e. The van der Waals surface area contributed by atoms with Gasteiger partial charge >= 0.3 is 0 Å². The molecule has 0 spiro atoms. The van der Waals surface area contributed by atoms with Crippen LogP contribution in [0.3, 0.4) is 0 Å². The van der Waals surface area contributed by atoms with Crippen molar-refractivity contribution >= 4 is 33.4 Å². The van der Waals surface area contributed by atoms with E-state index in [1.54, 1.807) is 12.1 Å². The second-order valence-electron chi connectivity index (χ2n) is 4.83. The van der Waals surface area contributed by atoms with Crippen LogP contribution >= 0.6 is 27.5 Å². The number of amides is 1. The molecule has 1 saturated heterocycles. The summed E-state index contributed by atoms with van der Waals surface area (Å²) in [5.74, 6) is -0.0887. The number of carbonyl (C=O) groups is 1. The highest BCUT2D eigenvalue weighted by Crippen LogP contribution is 2.21. The van der Waals surface area contributed by atoms with Crippen molar-refractivity contribution in [3.8, 4) is 0 Å². The van der Waals surface area contributed by atoms with Crippen molar-refractivity contribution in [2.45, 2.75) is 25.8 Å². The number of rotatable bonds is 3. The molecular formula is C14H18BrClN2O. The van der Waals surface area contributed by atoms with E-state index in [1.807, 2.05) is 6.07 Å². The van der Waals surface area contributed by atoms with Gasteiger partial charge in [0.1, 0.15) is 0 Å². The van der Waals surface area contributed by atoms with Gasteiger partial charge in [-0.3, -0.25) is 4.79 Å². The maximum absolute atomic E-state index is 12.2. The monoisotopic (exact) mass is 344 g/mol. The molecule has 0 bridgehead atoms. The maximum atomic E-state index is 12.2. The fraction of sp³-hybridized carbons (Fsp3) is 0.500. The SMILES string of the molecule is CCN1CCCC(NC(=O)c2cc(Br)ccc2Cl)C1. The van der Waals surface area contributed by atoms with Crippen molar-refractivity contribution < 1.29 is 4.79 Å². The van der Waals surface area contributed by atoms with Crippen LogP contribution in [0, 0.1) is 0 Å². The van der Waals surface area contributed by atoms with Crippen LogP contribution in [0.4, 0.5) is 0 Å². The second kappa shape index (κ2) is 6.73. The summed E-state index contributed by atoms with van der Waals surface area (Å²) in [6.45, 7) is 5.23. The van der Waals surface area contributed by atoms with E-state index in [1.165, 1.54) is 0 Å². The number of likely N-dealkylation sites (N-methyl/N-ethyl adjacent to an activating group) is 1. The van der Waals surface area contributed by atoms with Crippen LogP contribution in [-0.4, -0.2) is 36.5 Å². The van der Waals surface area contributed by atoms with E-state index < -0.39 is 0 Å². The van der Waals surface area contributed by atoms with Crippen molar-refractivity contribution in [2.75, 3.05) is 19.6 Å². The summed E-state index contributed by atoms with van der Waals surface area (Å²) >= 11 is 9.44. The lowest BCUT2D eigenvalue weighted by Gasteiger charge is -2.32. The number of nitrogens with one attached hydrogen (secondary N) is 1. The Morgan fingerprint density at radius 3 is 3.11 bits per heavy atom. The smallest absolute Gasteiger partial charge is 0.253 e. The Balaban J connectivity index is 2.02. The average molecular weight is 346 g/mol. The van der Waals surface area contributed by atoms with Gasteiger partial charge in [-0.25, -0.2) is 0 Å². The maximum Gasteiger partial charge on any atom is 0.253 e. The van der Waals surface area contributed by atoms with Gasteiger partial charge in [0, 0.05) is 17.1 Å². The van der Waals surface area contributed by atoms with Gasteiger partial charge in [-0.05, 0) is 44.1 Å². The normalized spacial score (nSPS) is 20.3. The third kappa shape index (κ3) is 3.94. The lowest BCUT2D eigenvalue weighted by molar-refractivity contribution is 0.0906. The third-order valence-electron chi connectivity index (χ3n) is 3.46. The Bertz CT molecular complexity index is 467. The average Bonchev–Trinajstić information content (AvgIpc) is 2.41. The number of likely N-dealkylation sites (tertiary alicyclic amines) is 1. The molecule has 1 atom stereocenters. The minimum atomic E-state index is -0.0887. The number of nitrogens with zero attached hydrogens (tertiary/aromatic N) is 1. The summed E-state index contributed by atoms with van der Waals surface area (Å²) in [4.78, 5) is 14.6. The van der Waals surface area contributed by atoms with Gasteiger partial charge in [0.2, 0.25) is 0 Å². The molecule has 1 aromatic rings. The van der Waals surface area contributed by atoms with Crippen molar-refractivity contribution in [1.82, 2.24) is 10.2 Å². The van der Waals surface area contributed by atoms with Crippen LogP contribution in [0.5, 0.6) is 0 Å². The summed E-state index contributed by atoms with van der Waals surface area (Å²) in [7, 11) is 0. The first-order chi connectivity index (χ1) is 9.10. The molecule has 1 unspecified atom stereocenters. The number of carbonyl (C=O) groups excluding carboxylic acids is 1. The molecule has 104 valence electrons. The molecule has 0 aromatic heterocycles. The fourth-order valence-corrected chi connectivity index (χ4v) is 2.96.